The maximum Gasteiger partial charge on any atom is 0.255 e. The van der Waals surface area contributed by atoms with Crippen molar-refractivity contribution in [3.05, 3.63) is 53.9 Å². The summed E-state index contributed by atoms with van der Waals surface area (Å²) in [5.74, 6) is -0.0332. The van der Waals surface area contributed by atoms with E-state index in [0.29, 0.717) is 37.2 Å². The zero-order valence-corrected chi connectivity index (χ0v) is 14.1. The summed E-state index contributed by atoms with van der Waals surface area (Å²) in [6.45, 7) is 1.74. The van der Waals surface area contributed by atoms with E-state index >= 15 is 0 Å². The zero-order chi connectivity index (χ0) is 18.1. The van der Waals surface area contributed by atoms with E-state index in [1.54, 1.807) is 34.1 Å². The van der Waals surface area contributed by atoms with Crippen molar-refractivity contribution in [2.75, 3.05) is 24.5 Å². The van der Waals surface area contributed by atoms with E-state index in [1.807, 2.05) is 6.07 Å². The van der Waals surface area contributed by atoms with Crippen LogP contribution < -0.4 is 4.90 Å². The Morgan fingerprint density at radius 3 is 2.88 bits per heavy atom. The van der Waals surface area contributed by atoms with Gasteiger partial charge in [-0.3, -0.25) is 9.59 Å². The maximum atomic E-state index is 12.6. The Kier molecular flexibility index (Phi) is 3.88. The minimum atomic E-state index is -0.226. The molecular formula is C19H17N5O2. The highest BCUT2D eigenvalue weighted by Crippen LogP contribution is 2.42. The summed E-state index contributed by atoms with van der Waals surface area (Å²) in [7, 11) is 0. The number of aromatic nitrogens is 2. The molecule has 1 atom stereocenters. The number of rotatable bonds is 2. The molecule has 0 bridgehead atoms. The Hall–Kier alpha value is -3.27. The third-order valence-corrected chi connectivity index (χ3v) is 5.16. The Balaban J connectivity index is 1.52. The van der Waals surface area contributed by atoms with Crippen molar-refractivity contribution in [3.63, 3.8) is 0 Å². The van der Waals surface area contributed by atoms with Crippen LogP contribution in [0.25, 0.3) is 0 Å². The fourth-order valence-electron chi connectivity index (χ4n) is 3.86. The molecule has 26 heavy (non-hydrogen) atoms. The largest absolute Gasteiger partial charge is 0.338 e. The minimum Gasteiger partial charge on any atom is -0.338 e. The summed E-state index contributed by atoms with van der Waals surface area (Å²) in [4.78, 5) is 28.8. The lowest BCUT2D eigenvalue weighted by atomic mass is 9.86. The van der Waals surface area contributed by atoms with E-state index in [9.17, 15) is 9.59 Å². The first-order valence-corrected chi connectivity index (χ1v) is 8.47. The fraction of sp³-hybridized carbons (Fsp3) is 0.316. The Bertz CT molecular complexity index is 908. The summed E-state index contributed by atoms with van der Waals surface area (Å²) in [5, 5.41) is 16.5. The van der Waals surface area contributed by atoms with Crippen LogP contribution in [0.3, 0.4) is 0 Å². The van der Waals surface area contributed by atoms with Crippen molar-refractivity contribution in [2.45, 2.75) is 12.8 Å². The second kappa shape index (κ2) is 6.23. The molecule has 0 saturated carbocycles. The van der Waals surface area contributed by atoms with Crippen LogP contribution in [0.4, 0.5) is 5.69 Å². The van der Waals surface area contributed by atoms with Gasteiger partial charge >= 0.3 is 0 Å². The van der Waals surface area contributed by atoms with Gasteiger partial charge in [0.05, 0.1) is 29.6 Å². The molecule has 0 aliphatic carbocycles. The number of nitrogens with zero attached hydrogens (tertiary/aromatic N) is 5. The van der Waals surface area contributed by atoms with Crippen LogP contribution in [0.2, 0.25) is 0 Å². The average Bonchev–Trinajstić information content (AvgIpc) is 3.24. The lowest BCUT2D eigenvalue weighted by Gasteiger charge is -2.24. The van der Waals surface area contributed by atoms with Gasteiger partial charge in [-0.1, -0.05) is 6.07 Å². The normalized spacial score (nSPS) is 22.0. The number of carbonyl (C=O) groups excluding carboxylic acids is 2. The van der Waals surface area contributed by atoms with Crippen LogP contribution in [0.15, 0.2) is 42.7 Å². The predicted molar refractivity (Wildman–Crippen MR) is 93.1 cm³/mol. The summed E-state index contributed by atoms with van der Waals surface area (Å²) in [6.07, 6.45) is 4.18. The molecule has 1 aromatic carbocycles. The third kappa shape index (κ3) is 2.80. The van der Waals surface area contributed by atoms with Gasteiger partial charge in [0.2, 0.25) is 5.91 Å². The number of carbonyl (C=O) groups is 2. The number of benzene rings is 1. The van der Waals surface area contributed by atoms with E-state index in [2.05, 4.69) is 16.3 Å². The van der Waals surface area contributed by atoms with Crippen LogP contribution in [0.1, 0.15) is 28.8 Å². The van der Waals surface area contributed by atoms with E-state index in [4.69, 9.17) is 5.26 Å². The highest BCUT2D eigenvalue weighted by Gasteiger charge is 2.48. The molecule has 2 aliphatic heterocycles. The van der Waals surface area contributed by atoms with Gasteiger partial charge < -0.3 is 9.80 Å². The first kappa shape index (κ1) is 16.2. The number of nitriles is 1. The molecule has 1 spiro atoms. The molecule has 4 rings (SSSR count). The van der Waals surface area contributed by atoms with Gasteiger partial charge in [0.25, 0.3) is 5.91 Å². The molecule has 3 heterocycles. The molecule has 2 aliphatic rings. The quantitative estimate of drug-likeness (QED) is 0.823. The predicted octanol–water partition coefficient (Wildman–Crippen LogP) is 1.62. The monoisotopic (exact) mass is 347 g/mol. The van der Waals surface area contributed by atoms with Crippen LogP contribution in [-0.2, 0) is 4.79 Å². The molecule has 7 nitrogen and oxygen atoms in total. The smallest absolute Gasteiger partial charge is 0.255 e. The van der Waals surface area contributed by atoms with Gasteiger partial charge in [-0.25, -0.2) is 0 Å². The Labute approximate surface area is 150 Å². The van der Waals surface area contributed by atoms with Crippen molar-refractivity contribution in [1.29, 1.82) is 5.26 Å². The molecule has 2 saturated heterocycles. The molecule has 0 N–H and O–H groups in total. The molecular weight excluding hydrogens is 330 g/mol. The van der Waals surface area contributed by atoms with Crippen LogP contribution in [0.5, 0.6) is 0 Å². The van der Waals surface area contributed by atoms with E-state index in [0.717, 1.165) is 12.1 Å². The summed E-state index contributed by atoms with van der Waals surface area (Å²) in [5.41, 5.74) is 1.56. The van der Waals surface area contributed by atoms with Gasteiger partial charge in [0.1, 0.15) is 0 Å². The van der Waals surface area contributed by atoms with Crippen molar-refractivity contribution in [3.8, 4) is 6.07 Å². The third-order valence-electron chi connectivity index (χ3n) is 5.16. The molecule has 2 amide bonds. The van der Waals surface area contributed by atoms with E-state index < -0.39 is 0 Å². The van der Waals surface area contributed by atoms with Crippen molar-refractivity contribution in [1.82, 2.24) is 15.1 Å². The first-order chi connectivity index (χ1) is 12.6. The summed E-state index contributed by atoms with van der Waals surface area (Å²) < 4.78 is 0. The van der Waals surface area contributed by atoms with Gasteiger partial charge in [-0.2, -0.15) is 15.5 Å². The van der Waals surface area contributed by atoms with E-state index in [-0.39, 0.29) is 17.2 Å². The number of likely N-dealkylation sites (tertiary alicyclic amines) is 1. The van der Waals surface area contributed by atoms with Crippen LogP contribution in [0, 0.1) is 16.7 Å². The molecule has 130 valence electrons. The van der Waals surface area contributed by atoms with E-state index in [1.165, 1.54) is 12.4 Å². The molecule has 2 aromatic rings. The van der Waals surface area contributed by atoms with Crippen molar-refractivity contribution < 1.29 is 9.59 Å². The average molecular weight is 347 g/mol. The van der Waals surface area contributed by atoms with Gasteiger partial charge in [0, 0.05) is 37.2 Å². The lowest BCUT2D eigenvalue weighted by molar-refractivity contribution is -0.117. The Morgan fingerprint density at radius 2 is 2.12 bits per heavy atom. The number of anilines is 1. The van der Waals surface area contributed by atoms with Crippen molar-refractivity contribution >= 4 is 17.5 Å². The molecule has 0 radical (unpaired) electrons. The SMILES string of the molecule is N#Cc1cccc(N2C[C@@]3(CCN(C(=O)c4ccnnc4)C3)CC2=O)c1. The summed E-state index contributed by atoms with van der Waals surface area (Å²) >= 11 is 0. The number of amides is 2. The number of hydrogen-bond donors (Lipinski definition) is 0. The summed E-state index contributed by atoms with van der Waals surface area (Å²) in [6, 6.07) is 10.8. The maximum absolute atomic E-state index is 12.6. The number of hydrogen-bond acceptors (Lipinski definition) is 5. The van der Waals surface area contributed by atoms with Crippen molar-refractivity contribution in [2.24, 2.45) is 5.41 Å². The molecule has 1 aromatic heterocycles. The molecule has 2 fully saturated rings. The first-order valence-electron chi connectivity index (χ1n) is 8.47. The second-order valence-electron chi connectivity index (χ2n) is 6.93. The highest BCUT2D eigenvalue weighted by molar-refractivity contribution is 5.97. The zero-order valence-electron chi connectivity index (χ0n) is 14.1. The van der Waals surface area contributed by atoms with Gasteiger partial charge in [-0.05, 0) is 30.7 Å². The fourth-order valence-corrected chi connectivity index (χ4v) is 3.86. The standard InChI is InChI=1S/C19H17N5O2/c20-10-14-2-1-3-16(8-14)24-13-19(9-17(24)25)5-7-23(12-19)18(26)15-4-6-21-22-11-15/h1-4,6,8,11H,5,7,9,12-13H2/t19-/m0/s1. The molecule has 0 unspecified atom stereocenters. The second-order valence-corrected chi connectivity index (χ2v) is 6.93. The Morgan fingerprint density at radius 1 is 1.23 bits per heavy atom. The highest BCUT2D eigenvalue weighted by atomic mass is 16.2. The minimum absolute atomic E-state index is 0.0416. The van der Waals surface area contributed by atoms with Gasteiger partial charge in [-0.15, -0.1) is 0 Å². The molecule has 7 heteroatoms. The van der Waals surface area contributed by atoms with Gasteiger partial charge in [0.15, 0.2) is 0 Å². The van der Waals surface area contributed by atoms with Crippen LogP contribution >= 0.6 is 0 Å². The lowest BCUT2D eigenvalue weighted by Crippen LogP contribution is -2.34. The topological polar surface area (TPSA) is 90.2 Å². The van der Waals surface area contributed by atoms with Crippen LogP contribution in [-0.4, -0.2) is 46.5 Å².